The first-order valence-electron chi connectivity index (χ1n) is 2.65. The second kappa shape index (κ2) is 4.50. The van der Waals surface area contributed by atoms with Crippen molar-refractivity contribution in [1.82, 2.24) is 0 Å². The number of nitrogens with two attached hydrogens (primary N) is 2. The van der Waals surface area contributed by atoms with E-state index in [-0.39, 0.29) is 21.5 Å². The zero-order valence-corrected chi connectivity index (χ0v) is 7.32. The van der Waals surface area contributed by atoms with Gasteiger partial charge in [-0.25, -0.2) is 0 Å². The fourth-order valence-electron chi connectivity index (χ4n) is 0.457. The zero-order valence-electron chi connectivity index (χ0n) is 5.81. The van der Waals surface area contributed by atoms with Crippen LogP contribution in [0.3, 0.4) is 0 Å². The van der Waals surface area contributed by atoms with E-state index in [0.29, 0.717) is 0 Å². The van der Waals surface area contributed by atoms with Crippen LogP contribution in [-0.4, -0.2) is 0 Å². The molecule has 0 aromatic heterocycles. The lowest BCUT2D eigenvalue weighted by molar-refractivity contribution is 1.34. The number of nitrogens with zero attached hydrogens (tertiary/aromatic N) is 2. The highest BCUT2D eigenvalue weighted by molar-refractivity contribution is 6.31. The van der Waals surface area contributed by atoms with Crippen LogP contribution < -0.4 is 11.5 Å². The molecule has 0 aliphatic rings. The summed E-state index contributed by atoms with van der Waals surface area (Å²) in [6, 6.07) is 3.22. The van der Waals surface area contributed by atoms with Gasteiger partial charge >= 0.3 is 0 Å². The van der Waals surface area contributed by atoms with Gasteiger partial charge in [0.1, 0.15) is 33.6 Å². The van der Waals surface area contributed by atoms with E-state index in [0.717, 1.165) is 0 Å². The van der Waals surface area contributed by atoms with Crippen molar-refractivity contribution in [1.29, 1.82) is 10.5 Å². The fraction of sp³-hybridized carbons (Fsp3) is 0. The molecule has 0 spiro atoms. The quantitative estimate of drug-likeness (QED) is 0.374. The summed E-state index contributed by atoms with van der Waals surface area (Å²) in [5.74, 6) is 0. The van der Waals surface area contributed by atoms with Crippen molar-refractivity contribution >= 4 is 23.2 Å². The second-order valence-electron chi connectivity index (χ2n) is 1.67. The van der Waals surface area contributed by atoms with Crippen LogP contribution in [0, 0.1) is 22.7 Å². The molecule has 0 amide bonds. The highest BCUT2D eigenvalue weighted by atomic mass is 35.5. The lowest BCUT2D eigenvalue weighted by Gasteiger charge is -1.96. The summed E-state index contributed by atoms with van der Waals surface area (Å²) in [7, 11) is 0. The Bertz CT molecular complexity index is 286. The average molecular weight is 203 g/mol. The third-order valence-electron chi connectivity index (χ3n) is 0.951. The van der Waals surface area contributed by atoms with Crippen molar-refractivity contribution in [2.75, 3.05) is 0 Å². The lowest BCUT2D eigenvalue weighted by atomic mass is 10.1. The van der Waals surface area contributed by atoms with Crippen molar-refractivity contribution in [2.45, 2.75) is 0 Å². The lowest BCUT2D eigenvalue weighted by Crippen LogP contribution is -2.01. The Morgan fingerprint density at radius 3 is 1.25 bits per heavy atom. The van der Waals surface area contributed by atoms with Crippen LogP contribution in [0.25, 0.3) is 0 Å². The van der Waals surface area contributed by atoms with Gasteiger partial charge < -0.3 is 11.5 Å². The molecule has 0 rings (SSSR count). The number of hydrogen-bond donors (Lipinski definition) is 2. The Morgan fingerprint density at radius 1 is 0.917 bits per heavy atom. The number of rotatable bonds is 1. The Morgan fingerprint density at radius 2 is 1.17 bits per heavy atom. The molecular weight excluding hydrogens is 199 g/mol. The molecule has 0 atom stereocenters. The number of nitriles is 2. The topological polar surface area (TPSA) is 99.6 Å². The summed E-state index contributed by atoms with van der Waals surface area (Å²) in [5.41, 5.74) is 9.74. The monoisotopic (exact) mass is 202 g/mol. The summed E-state index contributed by atoms with van der Waals surface area (Å²) in [5, 5.41) is 16.3. The second-order valence-corrected chi connectivity index (χ2v) is 2.48. The highest BCUT2D eigenvalue weighted by Gasteiger charge is 2.10. The van der Waals surface area contributed by atoms with E-state index in [2.05, 4.69) is 0 Å². The van der Waals surface area contributed by atoms with E-state index in [9.17, 15) is 0 Å². The van der Waals surface area contributed by atoms with Crippen LogP contribution in [0.5, 0.6) is 0 Å². The van der Waals surface area contributed by atoms with Gasteiger partial charge in [-0.15, -0.1) is 0 Å². The molecule has 0 fully saturated rings. The molecular formula is C6H4Cl2N4. The van der Waals surface area contributed by atoms with Gasteiger partial charge in [-0.1, -0.05) is 23.2 Å². The average Bonchev–Trinajstić information content (AvgIpc) is 1.98. The number of allylic oxidation sites excluding steroid dienone is 2. The third-order valence-corrected chi connectivity index (χ3v) is 1.33. The van der Waals surface area contributed by atoms with Crippen molar-refractivity contribution < 1.29 is 0 Å². The van der Waals surface area contributed by atoms with Crippen LogP contribution in [0.4, 0.5) is 0 Å². The Hall–Kier alpha value is -1.36. The predicted octanol–water partition coefficient (Wildman–Crippen LogP) is 0.852. The maximum Gasteiger partial charge on any atom is 0.119 e. The Balaban J connectivity index is 5.36. The SMILES string of the molecule is N#CC(=C(/N)Cl)/C(C#N)=C(\N)Cl. The molecule has 0 unspecified atom stereocenters. The van der Waals surface area contributed by atoms with Crippen LogP contribution in [-0.2, 0) is 0 Å². The summed E-state index contributed by atoms with van der Waals surface area (Å²) in [6.45, 7) is 0. The van der Waals surface area contributed by atoms with Crippen molar-refractivity contribution in [2.24, 2.45) is 11.5 Å². The third kappa shape index (κ3) is 2.35. The van der Waals surface area contributed by atoms with E-state index in [1.807, 2.05) is 0 Å². The molecule has 0 aliphatic carbocycles. The molecule has 4 nitrogen and oxygen atoms in total. The molecule has 12 heavy (non-hydrogen) atoms. The van der Waals surface area contributed by atoms with Gasteiger partial charge in [0.15, 0.2) is 0 Å². The molecule has 0 aromatic carbocycles. The van der Waals surface area contributed by atoms with Crippen LogP contribution >= 0.6 is 23.2 Å². The van der Waals surface area contributed by atoms with Crippen molar-refractivity contribution in [3.8, 4) is 12.1 Å². The molecule has 0 aliphatic heterocycles. The van der Waals surface area contributed by atoms with Gasteiger partial charge in [0.2, 0.25) is 0 Å². The maximum atomic E-state index is 8.48. The van der Waals surface area contributed by atoms with Crippen LogP contribution in [0.15, 0.2) is 21.5 Å². The van der Waals surface area contributed by atoms with Gasteiger partial charge in [-0.05, 0) is 0 Å². The number of hydrogen-bond acceptors (Lipinski definition) is 4. The van der Waals surface area contributed by atoms with Gasteiger partial charge in [-0.3, -0.25) is 0 Å². The van der Waals surface area contributed by atoms with Gasteiger partial charge in [0, 0.05) is 0 Å². The number of halogens is 2. The zero-order chi connectivity index (χ0) is 9.72. The Kier molecular flexibility index (Phi) is 3.99. The molecule has 0 heterocycles. The molecule has 6 heteroatoms. The molecule has 0 bridgehead atoms. The Labute approximate surface area is 79.3 Å². The first-order chi connectivity index (χ1) is 5.54. The van der Waals surface area contributed by atoms with Crippen LogP contribution in [0.1, 0.15) is 0 Å². The van der Waals surface area contributed by atoms with E-state index in [1.54, 1.807) is 12.1 Å². The first-order valence-corrected chi connectivity index (χ1v) is 3.41. The minimum absolute atomic E-state index is 0.216. The summed E-state index contributed by atoms with van der Waals surface area (Å²) in [6.07, 6.45) is 0. The van der Waals surface area contributed by atoms with Gasteiger partial charge in [0.05, 0.1) is 0 Å². The van der Waals surface area contributed by atoms with Crippen molar-refractivity contribution in [3.05, 3.63) is 21.5 Å². The standard InChI is InChI=1S/C6H4Cl2N4/c7-5(11)3(1-9)4(2-10)6(8)12/h11-12H2/b5-3-,6-4-. The summed E-state index contributed by atoms with van der Waals surface area (Å²) in [4.78, 5) is 0. The van der Waals surface area contributed by atoms with E-state index >= 15 is 0 Å². The minimum atomic E-state index is -0.308. The molecule has 0 radical (unpaired) electrons. The van der Waals surface area contributed by atoms with Gasteiger partial charge in [-0.2, -0.15) is 10.5 Å². The van der Waals surface area contributed by atoms with Crippen molar-refractivity contribution in [3.63, 3.8) is 0 Å². The molecule has 4 N–H and O–H groups in total. The maximum absolute atomic E-state index is 8.48. The predicted molar refractivity (Wildman–Crippen MR) is 45.4 cm³/mol. The summed E-state index contributed by atoms with van der Waals surface area (Å²) >= 11 is 10.6. The largest absolute Gasteiger partial charge is 0.388 e. The van der Waals surface area contributed by atoms with Gasteiger partial charge in [0.25, 0.3) is 0 Å². The molecule has 0 saturated carbocycles. The first kappa shape index (κ1) is 10.6. The molecule has 0 saturated heterocycles. The highest BCUT2D eigenvalue weighted by Crippen LogP contribution is 2.16. The van der Waals surface area contributed by atoms with E-state index in [1.165, 1.54) is 0 Å². The minimum Gasteiger partial charge on any atom is -0.388 e. The molecule has 62 valence electrons. The smallest absolute Gasteiger partial charge is 0.119 e. The normalized spacial score (nSPS) is 13.7. The van der Waals surface area contributed by atoms with Crippen LogP contribution in [0.2, 0.25) is 0 Å². The summed E-state index contributed by atoms with van der Waals surface area (Å²) < 4.78 is 0. The fourth-order valence-corrected chi connectivity index (χ4v) is 0.731. The van der Waals surface area contributed by atoms with E-state index in [4.69, 9.17) is 45.2 Å². The van der Waals surface area contributed by atoms with E-state index < -0.39 is 0 Å². The molecule has 0 aromatic rings.